The largest absolute Gasteiger partial charge is 0.425 e. The molecular formula is C20H18O4. The summed E-state index contributed by atoms with van der Waals surface area (Å²) in [4.78, 5) is 36.9. The van der Waals surface area contributed by atoms with Crippen molar-refractivity contribution in [3.05, 3.63) is 65.7 Å². The summed E-state index contributed by atoms with van der Waals surface area (Å²) in [6, 6.07) is 16.3. The van der Waals surface area contributed by atoms with E-state index >= 15 is 0 Å². The Bertz CT molecular complexity index is 779. The molecular weight excluding hydrogens is 304 g/mol. The van der Waals surface area contributed by atoms with Gasteiger partial charge in [-0.15, -0.1) is 0 Å². The number of carbonyl (C=O) groups excluding carboxylic acids is 3. The zero-order valence-electron chi connectivity index (χ0n) is 13.4. The van der Waals surface area contributed by atoms with Gasteiger partial charge in [0.1, 0.15) is 17.5 Å². The molecule has 0 saturated heterocycles. The normalized spacial score (nSPS) is 17.8. The maximum absolute atomic E-state index is 12.8. The van der Waals surface area contributed by atoms with Crippen molar-refractivity contribution in [3.8, 4) is 5.75 Å². The third-order valence-electron chi connectivity index (χ3n) is 4.26. The number of fused-ring (bicyclic) bond motifs is 1. The molecule has 122 valence electrons. The van der Waals surface area contributed by atoms with E-state index in [9.17, 15) is 14.4 Å². The third kappa shape index (κ3) is 3.27. The number of esters is 1. The molecule has 0 N–H and O–H groups in total. The van der Waals surface area contributed by atoms with E-state index in [1.807, 2.05) is 30.3 Å². The summed E-state index contributed by atoms with van der Waals surface area (Å²) in [5.41, 5.74) is 1.40. The minimum Gasteiger partial charge on any atom is -0.425 e. The van der Waals surface area contributed by atoms with Gasteiger partial charge in [0.05, 0.1) is 5.56 Å². The highest BCUT2D eigenvalue weighted by molar-refractivity contribution is 6.13. The lowest BCUT2D eigenvalue weighted by molar-refractivity contribution is -0.139. The molecule has 3 rings (SSSR count). The summed E-state index contributed by atoms with van der Waals surface area (Å²) in [6.45, 7) is 1.48. The minimum absolute atomic E-state index is 0.0459. The Kier molecular flexibility index (Phi) is 4.56. The summed E-state index contributed by atoms with van der Waals surface area (Å²) in [6.07, 6.45) is 0.649. The maximum atomic E-state index is 12.8. The Morgan fingerprint density at radius 3 is 2.42 bits per heavy atom. The molecule has 2 aromatic rings. The lowest BCUT2D eigenvalue weighted by Gasteiger charge is -2.28. The van der Waals surface area contributed by atoms with E-state index in [0.29, 0.717) is 17.7 Å². The van der Waals surface area contributed by atoms with Crippen molar-refractivity contribution in [1.29, 1.82) is 0 Å². The molecule has 4 heteroatoms. The first-order valence-electron chi connectivity index (χ1n) is 7.94. The van der Waals surface area contributed by atoms with Crippen molar-refractivity contribution in [1.82, 2.24) is 0 Å². The molecule has 0 aliphatic carbocycles. The molecule has 0 spiro atoms. The van der Waals surface area contributed by atoms with Crippen LogP contribution in [0.4, 0.5) is 0 Å². The fraction of sp³-hybridized carbons (Fsp3) is 0.250. The summed E-state index contributed by atoms with van der Waals surface area (Å²) in [7, 11) is 0. The van der Waals surface area contributed by atoms with Crippen LogP contribution in [0.5, 0.6) is 5.75 Å². The van der Waals surface area contributed by atoms with Gasteiger partial charge in [-0.05, 0) is 37.0 Å². The summed E-state index contributed by atoms with van der Waals surface area (Å²) >= 11 is 0. The summed E-state index contributed by atoms with van der Waals surface area (Å²) in [5, 5.41) is 0. The van der Waals surface area contributed by atoms with Gasteiger partial charge in [0.15, 0.2) is 5.78 Å². The SMILES string of the molecule is CC(=O)CC(Cc1ccccc1)C1C(=O)Oc2ccccc2C1=O. The van der Waals surface area contributed by atoms with Crippen molar-refractivity contribution in [3.63, 3.8) is 0 Å². The van der Waals surface area contributed by atoms with E-state index in [4.69, 9.17) is 4.74 Å². The molecule has 0 fully saturated rings. The molecule has 0 radical (unpaired) electrons. The van der Waals surface area contributed by atoms with Gasteiger partial charge < -0.3 is 9.53 Å². The van der Waals surface area contributed by atoms with Crippen LogP contribution >= 0.6 is 0 Å². The van der Waals surface area contributed by atoms with Gasteiger partial charge in [-0.2, -0.15) is 0 Å². The fourth-order valence-electron chi connectivity index (χ4n) is 3.21. The first kappa shape index (κ1) is 16.1. The van der Waals surface area contributed by atoms with Crippen LogP contribution in [0.1, 0.15) is 29.3 Å². The van der Waals surface area contributed by atoms with Crippen LogP contribution in [-0.4, -0.2) is 17.5 Å². The molecule has 0 aromatic heterocycles. The van der Waals surface area contributed by atoms with E-state index in [0.717, 1.165) is 5.56 Å². The lowest BCUT2D eigenvalue weighted by Crippen LogP contribution is -2.40. The number of hydrogen-bond donors (Lipinski definition) is 0. The van der Waals surface area contributed by atoms with Gasteiger partial charge in [0, 0.05) is 6.42 Å². The Morgan fingerprint density at radius 2 is 1.71 bits per heavy atom. The van der Waals surface area contributed by atoms with Crippen molar-refractivity contribution in [2.45, 2.75) is 19.8 Å². The van der Waals surface area contributed by atoms with Gasteiger partial charge in [0.25, 0.3) is 0 Å². The topological polar surface area (TPSA) is 60.4 Å². The molecule has 1 aliphatic rings. The molecule has 0 amide bonds. The van der Waals surface area contributed by atoms with Gasteiger partial charge in [-0.1, -0.05) is 42.5 Å². The molecule has 4 nitrogen and oxygen atoms in total. The van der Waals surface area contributed by atoms with Gasteiger partial charge in [0.2, 0.25) is 0 Å². The monoisotopic (exact) mass is 322 g/mol. The molecule has 2 unspecified atom stereocenters. The van der Waals surface area contributed by atoms with Crippen LogP contribution in [0, 0.1) is 11.8 Å². The molecule has 0 saturated carbocycles. The van der Waals surface area contributed by atoms with Crippen LogP contribution < -0.4 is 4.74 Å². The van der Waals surface area contributed by atoms with E-state index < -0.39 is 17.8 Å². The summed E-state index contributed by atoms with van der Waals surface area (Å²) in [5.74, 6) is -1.92. The van der Waals surface area contributed by atoms with Crippen LogP contribution in [0.25, 0.3) is 0 Å². The predicted molar refractivity (Wildman–Crippen MR) is 88.8 cm³/mol. The number of ketones is 2. The lowest BCUT2D eigenvalue weighted by atomic mass is 9.78. The Balaban J connectivity index is 1.93. The maximum Gasteiger partial charge on any atom is 0.322 e. The molecule has 2 aromatic carbocycles. The smallest absolute Gasteiger partial charge is 0.322 e. The Labute approximate surface area is 140 Å². The van der Waals surface area contributed by atoms with Gasteiger partial charge >= 0.3 is 5.97 Å². The highest BCUT2D eigenvalue weighted by Gasteiger charge is 2.41. The number of rotatable bonds is 5. The minimum atomic E-state index is -0.941. The summed E-state index contributed by atoms with van der Waals surface area (Å²) < 4.78 is 5.34. The second-order valence-electron chi connectivity index (χ2n) is 6.12. The zero-order valence-corrected chi connectivity index (χ0v) is 13.4. The third-order valence-corrected chi connectivity index (χ3v) is 4.26. The number of Topliss-reactive ketones (excluding diaryl/α,β-unsaturated/α-hetero) is 2. The average Bonchev–Trinajstić information content (AvgIpc) is 2.55. The first-order valence-corrected chi connectivity index (χ1v) is 7.94. The highest BCUT2D eigenvalue weighted by atomic mass is 16.5. The van der Waals surface area contributed by atoms with E-state index in [2.05, 4.69) is 0 Å². The van der Waals surface area contributed by atoms with Crippen LogP contribution in [-0.2, 0) is 16.0 Å². The Morgan fingerprint density at radius 1 is 1.04 bits per heavy atom. The molecule has 1 aliphatic heterocycles. The molecule has 1 heterocycles. The average molecular weight is 322 g/mol. The van der Waals surface area contributed by atoms with Crippen molar-refractivity contribution in [2.75, 3.05) is 0 Å². The standard InChI is InChI=1S/C20H18O4/c1-13(21)11-15(12-14-7-3-2-4-8-14)18-19(22)16-9-5-6-10-17(16)24-20(18)23/h2-10,15,18H,11-12H2,1H3. The van der Waals surface area contributed by atoms with Crippen molar-refractivity contribution < 1.29 is 19.1 Å². The number of benzene rings is 2. The van der Waals surface area contributed by atoms with Gasteiger partial charge in [-0.3, -0.25) is 9.59 Å². The second kappa shape index (κ2) is 6.79. The van der Waals surface area contributed by atoms with Gasteiger partial charge in [-0.25, -0.2) is 0 Å². The predicted octanol–water partition coefficient (Wildman–Crippen LogP) is 3.24. The van der Waals surface area contributed by atoms with E-state index in [1.54, 1.807) is 24.3 Å². The Hall–Kier alpha value is -2.75. The zero-order chi connectivity index (χ0) is 17.1. The van der Waals surface area contributed by atoms with E-state index in [1.165, 1.54) is 6.92 Å². The quantitative estimate of drug-likeness (QED) is 0.482. The van der Waals surface area contributed by atoms with E-state index in [-0.39, 0.29) is 18.0 Å². The molecule has 0 bridgehead atoms. The van der Waals surface area contributed by atoms with Crippen LogP contribution in [0.15, 0.2) is 54.6 Å². The van der Waals surface area contributed by atoms with Crippen LogP contribution in [0.2, 0.25) is 0 Å². The van der Waals surface area contributed by atoms with Crippen molar-refractivity contribution >= 4 is 17.5 Å². The molecule has 2 atom stereocenters. The van der Waals surface area contributed by atoms with Crippen LogP contribution in [0.3, 0.4) is 0 Å². The number of para-hydroxylation sites is 1. The molecule has 24 heavy (non-hydrogen) atoms. The number of carbonyl (C=O) groups is 3. The van der Waals surface area contributed by atoms with Crippen molar-refractivity contribution in [2.24, 2.45) is 11.8 Å². The fourth-order valence-corrected chi connectivity index (χ4v) is 3.21. The highest BCUT2D eigenvalue weighted by Crippen LogP contribution is 2.34. The number of ether oxygens (including phenoxy) is 1. The number of hydrogen-bond acceptors (Lipinski definition) is 4. The first-order chi connectivity index (χ1) is 11.6. The second-order valence-corrected chi connectivity index (χ2v) is 6.12.